The Balaban J connectivity index is 2.64. The van der Waals surface area contributed by atoms with Crippen molar-refractivity contribution in [2.24, 2.45) is 0 Å². The van der Waals surface area contributed by atoms with Crippen molar-refractivity contribution in [3.05, 3.63) is 29.3 Å². The van der Waals surface area contributed by atoms with Gasteiger partial charge in [-0.15, -0.1) is 0 Å². The Morgan fingerprint density at radius 1 is 1.44 bits per heavy atom. The molecule has 0 aliphatic heterocycles. The lowest BCUT2D eigenvalue weighted by Gasteiger charge is -2.29. The van der Waals surface area contributed by atoms with Crippen LogP contribution < -0.4 is 10.6 Å². The molecule has 100 valence electrons. The number of hydrogen-bond donors (Lipinski definition) is 3. The lowest BCUT2D eigenvalue weighted by atomic mass is 9.95. The van der Waals surface area contributed by atoms with Crippen molar-refractivity contribution in [3.8, 4) is 0 Å². The van der Waals surface area contributed by atoms with E-state index in [9.17, 15) is 4.79 Å². The summed E-state index contributed by atoms with van der Waals surface area (Å²) in [5, 5.41) is 15.0. The molecule has 0 saturated heterocycles. The number of rotatable bonds is 5. The zero-order valence-electron chi connectivity index (χ0n) is 10.7. The van der Waals surface area contributed by atoms with Gasteiger partial charge in [0, 0.05) is 12.1 Å². The van der Waals surface area contributed by atoms with Crippen molar-refractivity contribution in [2.45, 2.75) is 32.2 Å². The molecule has 0 aliphatic carbocycles. The summed E-state index contributed by atoms with van der Waals surface area (Å²) >= 11 is 5.95. The molecule has 1 atom stereocenters. The maximum atomic E-state index is 11.9. The molecule has 0 bridgehead atoms. The first-order valence-corrected chi connectivity index (χ1v) is 6.33. The van der Waals surface area contributed by atoms with Gasteiger partial charge in [0.25, 0.3) is 0 Å². The Labute approximate surface area is 112 Å². The predicted octanol–water partition coefficient (Wildman–Crippen LogP) is 3.01. The van der Waals surface area contributed by atoms with Gasteiger partial charge in [0.05, 0.1) is 10.7 Å². The van der Waals surface area contributed by atoms with Gasteiger partial charge in [0.15, 0.2) is 0 Å². The summed E-state index contributed by atoms with van der Waals surface area (Å²) in [6.07, 6.45) is 1.25. The average molecular weight is 271 g/mol. The normalized spacial score (nSPS) is 13.8. The van der Waals surface area contributed by atoms with E-state index in [1.165, 1.54) is 0 Å². The van der Waals surface area contributed by atoms with E-state index in [-0.39, 0.29) is 12.6 Å². The van der Waals surface area contributed by atoms with Gasteiger partial charge in [0.1, 0.15) is 0 Å². The van der Waals surface area contributed by atoms with Crippen LogP contribution in [0.5, 0.6) is 0 Å². The largest absolute Gasteiger partial charge is 0.396 e. The number of aliphatic hydroxyl groups excluding tert-OH is 1. The fourth-order valence-electron chi connectivity index (χ4n) is 1.56. The third kappa shape index (κ3) is 4.20. The topological polar surface area (TPSA) is 61.4 Å². The van der Waals surface area contributed by atoms with Gasteiger partial charge in [-0.3, -0.25) is 0 Å². The van der Waals surface area contributed by atoms with Crippen LogP contribution in [0.25, 0.3) is 0 Å². The third-order valence-corrected chi connectivity index (χ3v) is 3.31. The minimum absolute atomic E-state index is 0.0384. The Morgan fingerprint density at radius 2 is 2.11 bits per heavy atom. The smallest absolute Gasteiger partial charge is 0.319 e. The van der Waals surface area contributed by atoms with Crippen LogP contribution in [0.4, 0.5) is 10.5 Å². The Kier molecular flexibility index (Phi) is 5.44. The molecule has 3 N–H and O–H groups in total. The zero-order valence-corrected chi connectivity index (χ0v) is 11.4. The Bertz CT molecular complexity index is 412. The molecule has 1 rings (SSSR count). The lowest BCUT2D eigenvalue weighted by molar-refractivity contribution is 0.208. The summed E-state index contributed by atoms with van der Waals surface area (Å²) in [4.78, 5) is 11.9. The number of amides is 2. The van der Waals surface area contributed by atoms with Gasteiger partial charge < -0.3 is 15.7 Å². The number of anilines is 1. The number of para-hydroxylation sites is 1. The molecule has 1 unspecified atom stereocenters. The lowest BCUT2D eigenvalue weighted by Crippen LogP contribution is -2.48. The van der Waals surface area contributed by atoms with Crippen LogP contribution in [0, 0.1) is 0 Å². The standard InChI is InChI=1S/C13H19ClN2O2/c1-3-13(2,8-9-17)16-12(18)15-11-7-5-4-6-10(11)14/h4-7,17H,3,8-9H2,1-2H3,(H2,15,16,18). The highest BCUT2D eigenvalue weighted by Crippen LogP contribution is 2.21. The van der Waals surface area contributed by atoms with Gasteiger partial charge in [-0.05, 0) is 31.9 Å². The first-order chi connectivity index (χ1) is 8.50. The second kappa shape index (κ2) is 6.61. The van der Waals surface area contributed by atoms with Crippen LogP contribution in [0.1, 0.15) is 26.7 Å². The molecule has 0 radical (unpaired) electrons. The number of aliphatic hydroxyl groups is 1. The van der Waals surface area contributed by atoms with E-state index in [0.717, 1.165) is 6.42 Å². The van der Waals surface area contributed by atoms with E-state index < -0.39 is 5.54 Å². The number of hydrogen-bond acceptors (Lipinski definition) is 2. The molecule has 0 spiro atoms. The third-order valence-electron chi connectivity index (χ3n) is 2.98. The van der Waals surface area contributed by atoms with Crippen molar-refractivity contribution in [1.82, 2.24) is 5.32 Å². The molecule has 5 heteroatoms. The van der Waals surface area contributed by atoms with Crippen LogP contribution >= 0.6 is 11.6 Å². The van der Waals surface area contributed by atoms with Gasteiger partial charge in [-0.2, -0.15) is 0 Å². The second-order valence-corrected chi connectivity index (χ2v) is 4.85. The fourth-order valence-corrected chi connectivity index (χ4v) is 1.75. The summed E-state index contributed by atoms with van der Waals surface area (Å²) < 4.78 is 0. The molecule has 0 saturated carbocycles. The van der Waals surface area contributed by atoms with E-state index in [0.29, 0.717) is 17.1 Å². The van der Waals surface area contributed by atoms with Gasteiger partial charge in [-0.1, -0.05) is 30.7 Å². The minimum Gasteiger partial charge on any atom is -0.396 e. The van der Waals surface area contributed by atoms with Crippen LogP contribution in [-0.4, -0.2) is 23.3 Å². The minimum atomic E-state index is -0.417. The number of carbonyl (C=O) groups excluding carboxylic acids is 1. The first kappa shape index (κ1) is 14.8. The SMILES string of the molecule is CCC(C)(CCO)NC(=O)Nc1ccccc1Cl. The number of urea groups is 1. The number of benzene rings is 1. The molecule has 1 aromatic rings. The van der Waals surface area contributed by atoms with Gasteiger partial charge in [-0.25, -0.2) is 4.79 Å². The fraction of sp³-hybridized carbons (Fsp3) is 0.462. The molecule has 2 amide bonds. The molecule has 18 heavy (non-hydrogen) atoms. The van der Waals surface area contributed by atoms with Gasteiger partial charge in [0.2, 0.25) is 0 Å². The van der Waals surface area contributed by atoms with Gasteiger partial charge >= 0.3 is 6.03 Å². The highest BCUT2D eigenvalue weighted by atomic mass is 35.5. The van der Waals surface area contributed by atoms with Crippen molar-refractivity contribution < 1.29 is 9.90 Å². The second-order valence-electron chi connectivity index (χ2n) is 4.45. The van der Waals surface area contributed by atoms with Crippen LogP contribution in [0.15, 0.2) is 24.3 Å². The van der Waals surface area contributed by atoms with Crippen molar-refractivity contribution in [1.29, 1.82) is 0 Å². The molecule has 0 fully saturated rings. The zero-order chi connectivity index (χ0) is 13.6. The van der Waals surface area contributed by atoms with E-state index in [1.54, 1.807) is 24.3 Å². The van der Waals surface area contributed by atoms with Crippen LogP contribution in [0.3, 0.4) is 0 Å². The average Bonchev–Trinajstić information content (AvgIpc) is 2.32. The molecule has 4 nitrogen and oxygen atoms in total. The number of nitrogens with one attached hydrogen (secondary N) is 2. The number of halogens is 1. The molecule has 0 aliphatic rings. The molecule has 0 heterocycles. The molecule has 0 aromatic heterocycles. The Hall–Kier alpha value is -1.26. The highest BCUT2D eigenvalue weighted by Gasteiger charge is 2.23. The highest BCUT2D eigenvalue weighted by molar-refractivity contribution is 6.33. The summed E-state index contributed by atoms with van der Waals surface area (Å²) in [5.74, 6) is 0. The Morgan fingerprint density at radius 3 is 2.67 bits per heavy atom. The monoisotopic (exact) mass is 270 g/mol. The van der Waals surface area contributed by atoms with E-state index in [2.05, 4.69) is 10.6 Å². The maximum Gasteiger partial charge on any atom is 0.319 e. The summed E-state index contributed by atoms with van der Waals surface area (Å²) in [7, 11) is 0. The van der Waals surface area contributed by atoms with Crippen molar-refractivity contribution in [2.75, 3.05) is 11.9 Å². The predicted molar refractivity (Wildman–Crippen MR) is 74.0 cm³/mol. The van der Waals surface area contributed by atoms with Crippen molar-refractivity contribution in [3.63, 3.8) is 0 Å². The van der Waals surface area contributed by atoms with E-state index in [4.69, 9.17) is 16.7 Å². The quantitative estimate of drug-likeness (QED) is 0.770. The maximum absolute atomic E-state index is 11.9. The van der Waals surface area contributed by atoms with E-state index in [1.807, 2.05) is 13.8 Å². The molecular weight excluding hydrogens is 252 g/mol. The van der Waals surface area contributed by atoms with Crippen molar-refractivity contribution >= 4 is 23.3 Å². The van der Waals surface area contributed by atoms with Crippen LogP contribution in [-0.2, 0) is 0 Å². The molecule has 1 aromatic carbocycles. The number of carbonyl (C=O) groups is 1. The summed E-state index contributed by atoms with van der Waals surface area (Å²) in [6.45, 7) is 3.90. The summed E-state index contributed by atoms with van der Waals surface area (Å²) in [5.41, 5.74) is 0.152. The van der Waals surface area contributed by atoms with Crippen LogP contribution in [0.2, 0.25) is 5.02 Å². The first-order valence-electron chi connectivity index (χ1n) is 5.95. The molecular formula is C13H19ClN2O2. The summed E-state index contributed by atoms with van der Waals surface area (Å²) in [6, 6.07) is 6.73. The van der Waals surface area contributed by atoms with E-state index >= 15 is 0 Å².